The van der Waals surface area contributed by atoms with Crippen LogP contribution in [-0.4, -0.2) is 14.7 Å². The van der Waals surface area contributed by atoms with E-state index in [1.165, 1.54) is 0 Å². The second kappa shape index (κ2) is 4.73. The lowest BCUT2D eigenvalue weighted by molar-refractivity contribution is 0.603. The summed E-state index contributed by atoms with van der Waals surface area (Å²) in [6.07, 6.45) is 1.10. The zero-order valence-electron chi connectivity index (χ0n) is 9.34. The maximum Gasteiger partial charge on any atom is 0.186 e. The number of benzene rings is 1. The molecular weight excluding hydrogens is 290 g/mol. The fourth-order valence-corrected chi connectivity index (χ4v) is 3.81. The molecule has 0 amide bonds. The predicted octanol–water partition coefficient (Wildman–Crippen LogP) is 3.34. The number of sulfone groups is 1. The minimum absolute atomic E-state index is 0.106. The van der Waals surface area contributed by atoms with Crippen molar-refractivity contribution in [1.82, 2.24) is 0 Å². The molecule has 0 saturated carbocycles. The summed E-state index contributed by atoms with van der Waals surface area (Å²) in [6.45, 7) is 0. The third kappa shape index (κ3) is 2.41. The highest BCUT2D eigenvalue weighted by Crippen LogP contribution is 2.34. The number of nitrogens with zero attached hydrogens (tertiary/aromatic N) is 1. The molecule has 3 nitrogen and oxygen atoms in total. The largest absolute Gasteiger partial charge is 0.223 e. The van der Waals surface area contributed by atoms with Gasteiger partial charge in [0, 0.05) is 22.2 Å². The monoisotopic (exact) mass is 297 g/mol. The Hall–Kier alpha value is -1.35. The molecule has 0 atom stereocenters. The van der Waals surface area contributed by atoms with E-state index in [0.717, 1.165) is 23.2 Å². The fraction of sp³-hybridized carbons (Fsp3) is 0.0833. The summed E-state index contributed by atoms with van der Waals surface area (Å²) in [7, 11) is -3.37. The summed E-state index contributed by atoms with van der Waals surface area (Å²) in [5, 5.41) is 11.4. The number of hydrogen-bond acceptors (Lipinski definition) is 4. The highest BCUT2D eigenvalue weighted by molar-refractivity contribution is 7.92. The third-order valence-corrected chi connectivity index (χ3v) is 5.46. The lowest BCUT2D eigenvalue weighted by Crippen LogP contribution is -1.96. The van der Waals surface area contributed by atoms with Crippen molar-refractivity contribution < 1.29 is 8.42 Å². The summed E-state index contributed by atoms with van der Waals surface area (Å²) >= 11 is 6.86. The molecule has 0 aliphatic rings. The molecule has 2 rings (SSSR count). The van der Waals surface area contributed by atoms with Gasteiger partial charge in [-0.1, -0.05) is 23.7 Å². The topological polar surface area (TPSA) is 57.9 Å². The van der Waals surface area contributed by atoms with Crippen LogP contribution >= 0.6 is 22.9 Å². The molecule has 6 heteroatoms. The first-order valence-corrected chi connectivity index (χ1v) is 8.06. The van der Waals surface area contributed by atoms with Gasteiger partial charge in [0.25, 0.3) is 0 Å². The highest BCUT2D eigenvalue weighted by Gasteiger charge is 2.20. The lowest BCUT2D eigenvalue weighted by Gasteiger charge is -2.00. The van der Waals surface area contributed by atoms with E-state index in [2.05, 4.69) is 0 Å². The molecular formula is C12H8ClNO2S2. The van der Waals surface area contributed by atoms with Crippen molar-refractivity contribution in [2.75, 3.05) is 6.26 Å². The number of hydrogen-bond donors (Lipinski definition) is 0. The van der Waals surface area contributed by atoms with E-state index in [1.54, 1.807) is 29.6 Å². The van der Waals surface area contributed by atoms with E-state index in [-0.39, 0.29) is 9.77 Å². The van der Waals surface area contributed by atoms with Gasteiger partial charge in [-0.15, -0.1) is 11.3 Å². The first-order valence-electron chi connectivity index (χ1n) is 4.91. The van der Waals surface area contributed by atoms with E-state index in [9.17, 15) is 8.42 Å². The van der Waals surface area contributed by atoms with E-state index in [1.807, 2.05) is 6.07 Å². The summed E-state index contributed by atoms with van der Waals surface area (Å²) in [4.78, 5) is 0. The molecule has 0 aliphatic carbocycles. The minimum Gasteiger partial charge on any atom is -0.223 e. The second-order valence-corrected chi connectivity index (χ2v) is 7.23. The van der Waals surface area contributed by atoms with Gasteiger partial charge >= 0.3 is 0 Å². The van der Waals surface area contributed by atoms with Crippen LogP contribution in [0.15, 0.2) is 33.9 Å². The Labute approximate surface area is 114 Å². The number of nitriles is 1. The van der Waals surface area contributed by atoms with Crippen LogP contribution in [0, 0.1) is 11.3 Å². The molecule has 0 unspecified atom stereocenters. The van der Waals surface area contributed by atoms with Gasteiger partial charge in [-0.2, -0.15) is 5.26 Å². The maximum absolute atomic E-state index is 11.5. The SMILES string of the molecule is CS(=O)(=O)c1scc(-c2ccc(Cl)cc2)c1C#N. The maximum atomic E-state index is 11.5. The van der Waals surface area contributed by atoms with Crippen LogP contribution in [-0.2, 0) is 9.84 Å². The molecule has 0 bridgehead atoms. The Bertz CT molecular complexity index is 724. The quantitative estimate of drug-likeness (QED) is 0.854. The van der Waals surface area contributed by atoms with Crippen molar-refractivity contribution in [3.63, 3.8) is 0 Å². The molecule has 0 aliphatic heterocycles. The molecule has 18 heavy (non-hydrogen) atoms. The van der Waals surface area contributed by atoms with Gasteiger partial charge in [-0.3, -0.25) is 0 Å². The van der Waals surface area contributed by atoms with Crippen LogP contribution in [0.2, 0.25) is 5.02 Å². The smallest absolute Gasteiger partial charge is 0.186 e. The van der Waals surface area contributed by atoms with E-state index < -0.39 is 9.84 Å². The minimum atomic E-state index is -3.37. The average molecular weight is 298 g/mol. The van der Waals surface area contributed by atoms with Crippen molar-refractivity contribution in [2.45, 2.75) is 4.21 Å². The van der Waals surface area contributed by atoms with Gasteiger partial charge in [0.15, 0.2) is 9.84 Å². The van der Waals surface area contributed by atoms with Crippen LogP contribution in [0.4, 0.5) is 0 Å². The Kier molecular flexibility index (Phi) is 3.44. The third-order valence-electron chi connectivity index (χ3n) is 2.36. The van der Waals surface area contributed by atoms with E-state index in [4.69, 9.17) is 16.9 Å². The van der Waals surface area contributed by atoms with Gasteiger partial charge in [-0.05, 0) is 17.7 Å². The number of halogens is 1. The first-order chi connectivity index (χ1) is 8.43. The zero-order valence-corrected chi connectivity index (χ0v) is 11.7. The van der Waals surface area contributed by atoms with Crippen LogP contribution < -0.4 is 0 Å². The molecule has 0 radical (unpaired) electrons. The van der Waals surface area contributed by atoms with Crippen molar-refractivity contribution in [3.05, 3.63) is 40.2 Å². The number of rotatable bonds is 2. The van der Waals surface area contributed by atoms with Crippen molar-refractivity contribution in [3.8, 4) is 17.2 Å². The van der Waals surface area contributed by atoms with Gasteiger partial charge in [0.05, 0.1) is 5.56 Å². The number of thiophene rings is 1. The van der Waals surface area contributed by atoms with Gasteiger partial charge in [0.2, 0.25) is 0 Å². The molecule has 0 fully saturated rings. The van der Waals surface area contributed by atoms with E-state index in [0.29, 0.717) is 10.6 Å². The van der Waals surface area contributed by atoms with Crippen molar-refractivity contribution in [2.24, 2.45) is 0 Å². The summed E-state index contributed by atoms with van der Waals surface area (Å²) in [5.74, 6) is 0. The van der Waals surface area contributed by atoms with Gasteiger partial charge in [-0.25, -0.2) is 8.42 Å². The van der Waals surface area contributed by atoms with E-state index >= 15 is 0 Å². The summed E-state index contributed by atoms with van der Waals surface area (Å²) in [5.41, 5.74) is 1.60. The first kappa shape index (κ1) is 13.1. The fourth-order valence-electron chi connectivity index (χ4n) is 1.56. The lowest BCUT2D eigenvalue weighted by atomic mass is 10.1. The predicted molar refractivity (Wildman–Crippen MR) is 72.6 cm³/mol. The Morgan fingerprint density at radius 3 is 2.39 bits per heavy atom. The molecule has 0 N–H and O–H groups in total. The van der Waals surface area contributed by atoms with Crippen LogP contribution in [0.5, 0.6) is 0 Å². The normalized spacial score (nSPS) is 11.2. The van der Waals surface area contributed by atoms with Crippen molar-refractivity contribution >= 4 is 32.8 Å². The summed E-state index contributed by atoms with van der Waals surface area (Å²) < 4.78 is 23.2. The Morgan fingerprint density at radius 2 is 1.89 bits per heavy atom. The Morgan fingerprint density at radius 1 is 1.28 bits per heavy atom. The molecule has 1 aromatic heterocycles. The standard InChI is InChI=1S/C12H8ClNO2S2/c1-18(15,16)12-10(6-14)11(7-17-12)8-2-4-9(13)5-3-8/h2-5,7H,1H3. The molecule has 1 heterocycles. The molecule has 1 aromatic carbocycles. The highest BCUT2D eigenvalue weighted by atomic mass is 35.5. The van der Waals surface area contributed by atoms with Gasteiger partial charge in [0.1, 0.15) is 10.3 Å². The second-order valence-electron chi connectivity index (χ2n) is 3.70. The Balaban J connectivity index is 2.64. The molecule has 0 spiro atoms. The zero-order chi connectivity index (χ0) is 13.3. The average Bonchev–Trinajstić information content (AvgIpc) is 2.73. The van der Waals surface area contributed by atoms with Crippen LogP contribution in [0.1, 0.15) is 5.56 Å². The van der Waals surface area contributed by atoms with Crippen molar-refractivity contribution in [1.29, 1.82) is 5.26 Å². The van der Waals surface area contributed by atoms with Gasteiger partial charge < -0.3 is 0 Å². The molecule has 92 valence electrons. The summed E-state index contributed by atoms with van der Waals surface area (Å²) in [6, 6.07) is 8.89. The molecule has 0 saturated heterocycles. The van der Waals surface area contributed by atoms with Crippen LogP contribution in [0.3, 0.4) is 0 Å². The molecule has 2 aromatic rings. The van der Waals surface area contributed by atoms with Crippen LogP contribution in [0.25, 0.3) is 11.1 Å².